The standard InChI is InChI=1S/C19H31N3O2.2ClH/c1-3-22(4-2)12-13-24-18-9-7-16(8-10-18)15-21-19(23)14-17-6-5-11-20-17;;/h7-10,17,20H,3-6,11-15H2,1-2H3,(H,21,23);2*1H. The molecule has 1 aliphatic rings. The summed E-state index contributed by atoms with van der Waals surface area (Å²) in [6, 6.07) is 8.33. The molecule has 1 aromatic rings. The molecule has 7 heteroatoms. The van der Waals surface area contributed by atoms with Gasteiger partial charge in [-0.15, -0.1) is 24.8 Å². The molecule has 1 heterocycles. The van der Waals surface area contributed by atoms with Crippen molar-refractivity contribution in [1.82, 2.24) is 15.5 Å². The van der Waals surface area contributed by atoms with Crippen molar-refractivity contribution in [3.63, 3.8) is 0 Å². The first kappa shape index (κ1) is 25.0. The van der Waals surface area contributed by atoms with E-state index >= 15 is 0 Å². The van der Waals surface area contributed by atoms with Gasteiger partial charge >= 0.3 is 0 Å². The predicted octanol–water partition coefficient (Wildman–Crippen LogP) is 3.01. The lowest BCUT2D eigenvalue weighted by molar-refractivity contribution is -0.121. The lowest BCUT2D eigenvalue weighted by Crippen LogP contribution is -2.31. The lowest BCUT2D eigenvalue weighted by atomic mass is 10.1. The third-order valence-corrected chi connectivity index (χ3v) is 4.58. The number of halogens is 2. The van der Waals surface area contributed by atoms with Crippen molar-refractivity contribution in [2.24, 2.45) is 0 Å². The molecule has 1 aromatic carbocycles. The van der Waals surface area contributed by atoms with Gasteiger partial charge in [0.2, 0.25) is 5.91 Å². The van der Waals surface area contributed by atoms with Gasteiger partial charge in [-0.05, 0) is 50.2 Å². The van der Waals surface area contributed by atoms with Crippen molar-refractivity contribution >= 4 is 30.7 Å². The van der Waals surface area contributed by atoms with E-state index in [1.165, 1.54) is 6.42 Å². The minimum Gasteiger partial charge on any atom is -0.492 e. The second kappa shape index (κ2) is 14.1. The number of ether oxygens (including phenoxy) is 1. The van der Waals surface area contributed by atoms with E-state index in [1.807, 2.05) is 24.3 Å². The van der Waals surface area contributed by atoms with Crippen molar-refractivity contribution in [3.05, 3.63) is 29.8 Å². The van der Waals surface area contributed by atoms with E-state index in [0.717, 1.165) is 43.9 Å². The van der Waals surface area contributed by atoms with Crippen molar-refractivity contribution in [3.8, 4) is 5.75 Å². The van der Waals surface area contributed by atoms with Gasteiger partial charge in [-0.1, -0.05) is 26.0 Å². The normalized spacial score (nSPS) is 15.9. The van der Waals surface area contributed by atoms with Crippen molar-refractivity contribution in [1.29, 1.82) is 0 Å². The maximum Gasteiger partial charge on any atom is 0.221 e. The molecule has 0 spiro atoms. The van der Waals surface area contributed by atoms with Crippen molar-refractivity contribution in [2.45, 2.75) is 45.7 Å². The average molecular weight is 406 g/mol. The molecule has 1 aliphatic heterocycles. The van der Waals surface area contributed by atoms with E-state index in [2.05, 4.69) is 29.4 Å². The second-order valence-corrected chi connectivity index (χ2v) is 6.29. The molecule has 0 aliphatic carbocycles. The Labute approximate surface area is 170 Å². The molecular weight excluding hydrogens is 373 g/mol. The zero-order chi connectivity index (χ0) is 17.2. The van der Waals surface area contributed by atoms with Gasteiger partial charge in [-0.2, -0.15) is 0 Å². The fourth-order valence-electron chi connectivity index (χ4n) is 2.96. The Bertz CT molecular complexity index is 490. The minimum atomic E-state index is 0. The summed E-state index contributed by atoms with van der Waals surface area (Å²) in [6.45, 7) is 9.68. The molecule has 26 heavy (non-hydrogen) atoms. The lowest BCUT2D eigenvalue weighted by Gasteiger charge is -2.18. The number of amides is 1. The Morgan fingerprint density at radius 2 is 1.92 bits per heavy atom. The molecule has 1 atom stereocenters. The van der Waals surface area contributed by atoms with Crippen LogP contribution in [0.15, 0.2) is 24.3 Å². The van der Waals surface area contributed by atoms with Crippen LogP contribution in [-0.2, 0) is 11.3 Å². The first-order valence-electron chi connectivity index (χ1n) is 9.15. The van der Waals surface area contributed by atoms with Gasteiger partial charge in [0.05, 0.1) is 0 Å². The quantitative estimate of drug-likeness (QED) is 0.627. The first-order chi connectivity index (χ1) is 11.7. The number of nitrogens with one attached hydrogen (secondary N) is 2. The number of likely N-dealkylation sites (N-methyl/N-ethyl adjacent to an activating group) is 1. The molecule has 1 saturated heterocycles. The van der Waals surface area contributed by atoms with E-state index in [-0.39, 0.29) is 30.7 Å². The molecule has 0 saturated carbocycles. The third-order valence-electron chi connectivity index (χ3n) is 4.58. The largest absolute Gasteiger partial charge is 0.492 e. The fourth-order valence-corrected chi connectivity index (χ4v) is 2.96. The number of hydrogen-bond donors (Lipinski definition) is 2. The molecule has 150 valence electrons. The van der Waals surface area contributed by atoms with Gasteiger partial charge in [-0.3, -0.25) is 4.79 Å². The summed E-state index contributed by atoms with van der Waals surface area (Å²) in [4.78, 5) is 14.3. The monoisotopic (exact) mass is 405 g/mol. The van der Waals surface area contributed by atoms with E-state index in [4.69, 9.17) is 4.74 Å². The Hall–Kier alpha value is -1.01. The maximum atomic E-state index is 11.9. The van der Waals surface area contributed by atoms with Crippen LogP contribution in [-0.4, -0.2) is 49.6 Å². The molecule has 1 unspecified atom stereocenters. The van der Waals surface area contributed by atoms with Crippen LogP contribution in [0.2, 0.25) is 0 Å². The number of rotatable bonds is 10. The average Bonchev–Trinajstić information content (AvgIpc) is 3.11. The van der Waals surface area contributed by atoms with Crippen molar-refractivity contribution in [2.75, 3.05) is 32.8 Å². The fraction of sp³-hybridized carbons (Fsp3) is 0.632. The molecular formula is C19H33Cl2N3O2. The van der Waals surface area contributed by atoms with Crippen LogP contribution in [0.5, 0.6) is 5.75 Å². The van der Waals surface area contributed by atoms with Gasteiger partial charge in [0.1, 0.15) is 12.4 Å². The molecule has 1 amide bonds. The van der Waals surface area contributed by atoms with E-state index < -0.39 is 0 Å². The smallest absolute Gasteiger partial charge is 0.221 e. The Kier molecular flexibility index (Phi) is 13.6. The summed E-state index contributed by atoms with van der Waals surface area (Å²) in [7, 11) is 0. The zero-order valence-corrected chi connectivity index (χ0v) is 17.5. The van der Waals surface area contributed by atoms with Crippen LogP contribution in [0.1, 0.15) is 38.7 Å². The first-order valence-corrected chi connectivity index (χ1v) is 9.15. The van der Waals surface area contributed by atoms with Gasteiger partial charge in [0.25, 0.3) is 0 Å². The van der Waals surface area contributed by atoms with Gasteiger partial charge in [0, 0.05) is 25.6 Å². The Balaban J connectivity index is 0.00000312. The summed E-state index contributed by atoms with van der Waals surface area (Å²) in [5, 5.41) is 6.34. The topological polar surface area (TPSA) is 53.6 Å². The number of hydrogen-bond acceptors (Lipinski definition) is 4. The van der Waals surface area contributed by atoms with Crippen LogP contribution in [0.3, 0.4) is 0 Å². The zero-order valence-electron chi connectivity index (χ0n) is 15.8. The number of benzene rings is 1. The van der Waals surface area contributed by atoms with Gasteiger partial charge in [0.15, 0.2) is 0 Å². The summed E-state index contributed by atoms with van der Waals surface area (Å²) in [5.41, 5.74) is 1.10. The van der Waals surface area contributed by atoms with Gasteiger partial charge < -0.3 is 20.3 Å². The summed E-state index contributed by atoms with van der Waals surface area (Å²) in [5.74, 6) is 1.00. The maximum absolute atomic E-state index is 11.9. The number of nitrogens with zero attached hydrogens (tertiary/aromatic N) is 1. The Morgan fingerprint density at radius 1 is 1.23 bits per heavy atom. The van der Waals surface area contributed by atoms with Crippen molar-refractivity contribution < 1.29 is 9.53 Å². The highest BCUT2D eigenvalue weighted by molar-refractivity contribution is 5.85. The van der Waals surface area contributed by atoms with Gasteiger partial charge in [-0.25, -0.2) is 0 Å². The summed E-state index contributed by atoms with van der Waals surface area (Å²) in [6.07, 6.45) is 2.85. The Morgan fingerprint density at radius 3 is 2.50 bits per heavy atom. The predicted molar refractivity (Wildman–Crippen MR) is 112 cm³/mol. The minimum absolute atomic E-state index is 0. The van der Waals surface area contributed by atoms with Crippen LogP contribution < -0.4 is 15.4 Å². The molecule has 2 rings (SSSR count). The van der Waals surface area contributed by atoms with E-state index in [9.17, 15) is 4.79 Å². The second-order valence-electron chi connectivity index (χ2n) is 6.29. The number of carbonyl (C=O) groups excluding carboxylic acids is 1. The molecule has 5 nitrogen and oxygen atoms in total. The molecule has 0 bridgehead atoms. The molecule has 1 fully saturated rings. The highest BCUT2D eigenvalue weighted by atomic mass is 35.5. The molecule has 0 radical (unpaired) electrons. The van der Waals surface area contributed by atoms with Crippen LogP contribution in [0.25, 0.3) is 0 Å². The number of carbonyl (C=O) groups is 1. The van der Waals surface area contributed by atoms with Crippen LogP contribution in [0, 0.1) is 0 Å². The van der Waals surface area contributed by atoms with Crippen LogP contribution in [0.4, 0.5) is 0 Å². The third kappa shape index (κ3) is 9.08. The molecule has 0 aromatic heterocycles. The summed E-state index contributed by atoms with van der Waals surface area (Å²) >= 11 is 0. The van der Waals surface area contributed by atoms with E-state index in [0.29, 0.717) is 25.6 Å². The highest BCUT2D eigenvalue weighted by Crippen LogP contribution is 2.13. The summed E-state index contributed by atoms with van der Waals surface area (Å²) < 4.78 is 5.77. The highest BCUT2D eigenvalue weighted by Gasteiger charge is 2.17. The van der Waals surface area contributed by atoms with Crippen LogP contribution >= 0.6 is 24.8 Å². The SMILES string of the molecule is CCN(CC)CCOc1ccc(CNC(=O)CC2CCCN2)cc1.Cl.Cl. The van der Waals surface area contributed by atoms with E-state index in [1.54, 1.807) is 0 Å². The molecule has 2 N–H and O–H groups in total.